The Morgan fingerprint density at radius 3 is 2.50 bits per heavy atom. The molecule has 12 heteroatoms. The van der Waals surface area contributed by atoms with E-state index in [9.17, 15) is 22.8 Å². The number of aromatic nitrogens is 2. The van der Waals surface area contributed by atoms with E-state index in [1.807, 2.05) is 0 Å². The minimum absolute atomic E-state index is 0.0132. The number of carbonyl (C=O) groups excluding carboxylic acids is 2. The van der Waals surface area contributed by atoms with Gasteiger partial charge in [-0.3, -0.25) is 4.79 Å². The first-order valence-electron chi connectivity index (χ1n) is 12.8. The molecule has 9 nitrogen and oxygen atoms in total. The van der Waals surface area contributed by atoms with Gasteiger partial charge in [0.2, 0.25) is 5.95 Å². The predicted octanol–water partition coefficient (Wildman–Crippen LogP) is 4.83. The van der Waals surface area contributed by atoms with E-state index in [0.29, 0.717) is 12.8 Å². The van der Waals surface area contributed by atoms with E-state index < -0.39 is 30.2 Å². The molecule has 1 aromatic heterocycles. The second kappa shape index (κ2) is 10.3. The molecule has 0 spiro atoms. The molecule has 38 heavy (non-hydrogen) atoms. The fourth-order valence-corrected chi connectivity index (χ4v) is 5.43. The van der Waals surface area contributed by atoms with E-state index >= 15 is 0 Å². The predicted molar refractivity (Wildman–Crippen MR) is 134 cm³/mol. The average molecular weight is 534 g/mol. The van der Waals surface area contributed by atoms with Crippen molar-refractivity contribution in [1.29, 1.82) is 0 Å². The number of hydrogen-bond donors (Lipinski definition) is 1. The third kappa shape index (κ3) is 4.95. The van der Waals surface area contributed by atoms with E-state index in [1.54, 1.807) is 0 Å². The number of ether oxygens (including phenoxy) is 2. The van der Waals surface area contributed by atoms with Crippen LogP contribution in [0.15, 0.2) is 18.3 Å². The van der Waals surface area contributed by atoms with Gasteiger partial charge < -0.3 is 24.6 Å². The summed E-state index contributed by atoms with van der Waals surface area (Å²) in [6, 6.07) is 2.19. The minimum Gasteiger partial charge on any atom is -0.488 e. The van der Waals surface area contributed by atoms with Gasteiger partial charge in [-0.2, -0.15) is 13.8 Å². The number of rotatable bonds is 6. The molecule has 0 unspecified atom stereocenters. The second-order valence-electron chi connectivity index (χ2n) is 10.0. The summed E-state index contributed by atoms with van der Waals surface area (Å²) in [5.41, 5.74) is 0.0701. The summed E-state index contributed by atoms with van der Waals surface area (Å²) in [5.74, 6) is -6.15. The lowest BCUT2D eigenvalue weighted by Gasteiger charge is -2.31. The van der Waals surface area contributed by atoms with E-state index in [-0.39, 0.29) is 46.6 Å². The van der Waals surface area contributed by atoms with Gasteiger partial charge in [0, 0.05) is 19.2 Å². The Balaban J connectivity index is 1.53. The van der Waals surface area contributed by atoms with E-state index in [4.69, 9.17) is 9.47 Å². The highest BCUT2D eigenvalue weighted by atomic mass is 19.3. The van der Waals surface area contributed by atoms with Crippen molar-refractivity contribution < 1.29 is 32.2 Å². The number of benzene rings is 1. The summed E-state index contributed by atoms with van der Waals surface area (Å²) < 4.78 is 55.4. The molecule has 2 fully saturated rings. The molecule has 1 amide bonds. The van der Waals surface area contributed by atoms with E-state index in [1.165, 1.54) is 24.2 Å². The first-order valence-corrected chi connectivity index (χ1v) is 12.8. The van der Waals surface area contributed by atoms with Crippen LogP contribution in [-0.2, 0) is 9.53 Å². The molecular formula is C26H30F3N5O4. The summed E-state index contributed by atoms with van der Waals surface area (Å²) in [6.07, 6.45) is 8.07. The van der Waals surface area contributed by atoms with Crippen molar-refractivity contribution in [1.82, 2.24) is 9.97 Å². The van der Waals surface area contributed by atoms with Gasteiger partial charge in [-0.15, -0.1) is 0 Å². The first kappa shape index (κ1) is 26.1. The third-order valence-electron chi connectivity index (χ3n) is 7.45. The van der Waals surface area contributed by atoms with E-state index in [2.05, 4.69) is 15.3 Å². The molecule has 2 aromatic rings. The van der Waals surface area contributed by atoms with Crippen molar-refractivity contribution in [3.63, 3.8) is 0 Å². The van der Waals surface area contributed by atoms with E-state index in [0.717, 1.165) is 56.6 Å². The van der Waals surface area contributed by atoms with Gasteiger partial charge in [0.1, 0.15) is 17.3 Å². The summed E-state index contributed by atoms with van der Waals surface area (Å²) in [5, 5.41) is 2.94. The number of alkyl halides is 2. The van der Waals surface area contributed by atoms with Crippen LogP contribution in [0.5, 0.6) is 5.75 Å². The molecule has 5 rings (SSSR count). The van der Waals surface area contributed by atoms with Crippen molar-refractivity contribution in [2.24, 2.45) is 0 Å². The number of carbonyl (C=O) groups is 2. The molecule has 204 valence electrons. The Morgan fingerprint density at radius 1 is 1.13 bits per heavy atom. The molecule has 0 radical (unpaired) electrons. The van der Waals surface area contributed by atoms with Gasteiger partial charge in [0.05, 0.1) is 37.2 Å². The maximum Gasteiger partial charge on any atom is 0.342 e. The monoisotopic (exact) mass is 533 g/mol. The largest absolute Gasteiger partial charge is 0.488 e. The zero-order chi connectivity index (χ0) is 27.0. The van der Waals surface area contributed by atoms with Crippen LogP contribution in [0.4, 0.5) is 36.3 Å². The molecule has 0 bridgehead atoms. The second-order valence-corrected chi connectivity index (χ2v) is 10.0. The summed E-state index contributed by atoms with van der Waals surface area (Å²) in [4.78, 5) is 35.7. The van der Waals surface area contributed by atoms with Gasteiger partial charge in [0.25, 0.3) is 5.91 Å². The standard InChI is InChI=1S/C26H30F3N5O4/c1-33-20-13-30-25(32-22(20)34(15-7-3-4-8-15)14-26(28,29)24(33)36)31-19-12-18(27)17(23(35)37-2)11-21(19)38-16-9-5-6-10-16/h11-13,15-16H,3-10,14H2,1-2H3,(H,30,31,32). The molecule has 0 atom stereocenters. The number of hydrogen-bond acceptors (Lipinski definition) is 8. The topological polar surface area (TPSA) is 96.9 Å². The normalized spacial score (nSPS) is 19.9. The Morgan fingerprint density at radius 2 is 1.82 bits per heavy atom. The van der Waals surface area contributed by atoms with Gasteiger partial charge in [-0.05, 0) is 44.6 Å². The number of esters is 1. The molecule has 1 N–H and O–H groups in total. The zero-order valence-electron chi connectivity index (χ0n) is 21.3. The van der Waals surface area contributed by atoms with Crippen molar-refractivity contribution in [2.45, 2.75) is 69.4 Å². The number of anilines is 4. The highest BCUT2D eigenvalue weighted by Crippen LogP contribution is 2.40. The Hall–Kier alpha value is -3.57. The van der Waals surface area contributed by atoms with Crippen LogP contribution in [0, 0.1) is 5.82 Å². The van der Waals surface area contributed by atoms with Crippen LogP contribution in [0.25, 0.3) is 0 Å². The molecule has 1 aliphatic heterocycles. The zero-order valence-corrected chi connectivity index (χ0v) is 21.3. The van der Waals surface area contributed by atoms with Gasteiger partial charge in [0.15, 0.2) is 5.82 Å². The minimum atomic E-state index is -3.60. The lowest BCUT2D eigenvalue weighted by molar-refractivity contribution is -0.140. The summed E-state index contributed by atoms with van der Waals surface area (Å²) >= 11 is 0. The average Bonchev–Trinajstić information content (AvgIpc) is 3.61. The van der Waals surface area contributed by atoms with Gasteiger partial charge >= 0.3 is 11.9 Å². The van der Waals surface area contributed by atoms with Crippen LogP contribution in [0.3, 0.4) is 0 Å². The molecule has 2 saturated carbocycles. The van der Waals surface area contributed by atoms with Crippen LogP contribution in [-0.4, -0.2) is 60.6 Å². The smallest absolute Gasteiger partial charge is 0.342 e. The molecule has 1 aromatic carbocycles. The SMILES string of the molecule is COC(=O)c1cc(OC2CCCC2)c(Nc2ncc3c(n2)N(C2CCCC2)CC(F)(F)C(=O)N3C)cc1F. The van der Waals surface area contributed by atoms with Gasteiger partial charge in [-0.25, -0.2) is 14.2 Å². The maximum absolute atomic E-state index is 14.9. The third-order valence-corrected chi connectivity index (χ3v) is 7.45. The van der Waals surface area contributed by atoms with Crippen LogP contribution < -0.4 is 19.9 Å². The quantitative estimate of drug-likeness (QED) is 0.528. The fourth-order valence-electron chi connectivity index (χ4n) is 5.43. The highest BCUT2D eigenvalue weighted by Gasteiger charge is 2.48. The number of methoxy groups -OCH3 is 1. The number of fused-ring (bicyclic) bond motifs is 1. The maximum atomic E-state index is 14.9. The molecule has 2 aliphatic carbocycles. The van der Waals surface area contributed by atoms with Crippen LogP contribution in [0.1, 0.15) is 61.7 Å². The van der Waals surface area contributed by atoms with Crippen LogP contribution >= 0.6 is 0 Å². The highest BCUT2D eigenvalue weighted by molar-refractivity contribution is 6.02. The lowest BCUT2D eigenvalue weighted by Crippen LogP contribution is -2.48. The first-order chi connectivity index (χ1) is 18.2. The number of amides is 1. The van der Waals surface area contributed by atoms with Crippen molar-refractivity contribution >= 4 is 35.0 Å². The molecule has 2 heterocycles. The molecular weight excluding hydrogens is 503 g/mol. The van der Waals surface area contributed by atoms with Crippen molar-refractivity contribution in [3.8, 4) is 5.75 Å². The molecule has 0 saturated heterocycles. The van der Waals surface area contributed by atoms with Crippen molar-refractivity contribution in [3.05, 3.63) is 29.7 Å². The number of nitrogens with zero attached hydrogens (tertiary/aromatic N) is 4. The van der Waals surface area contributed by atoms with Crippen LogP contribution in [0.2, 0.25) is 0 Å². The van der Waals surface area contributed by atoms with Gasteiger partial charge in [-0.1, -0.05) is 12.8 Å². The number of halogens is 3. The molecule has 3 aliphatic rings. The van der Waals surface area contributed by atoms with Crippen molar-refractivity contribution in [2.75, 3.05) is 35.8 Å². The summed E-state index contributed by atoms with van der Waals surface area (Å²) in [6.45, 7) is -0.789. The summed E-state index contributed by atoms with van der Waals surface area (Å²) in [7, 11) is 2.44. The lowest BCUT2D eigenvalue weighted by atomic mass is 10.1. The fraction of sp³-hybridized carbons (Fsp3) is 0.538. The number of nitrogens with one attached hydrogen (secondary N) is 1. The Bertz CT molecular complexity index is 1230. The Kier molecular flexibility index (Phi) is 7.06. The Labute approximate surface area is 218 Å².